The molecule has 2 N–H and O–H groups in total. The van der Waals surface area contributed by atoms with E-state index in [9.17, 15) is 9.18 Å². The van der Waals surface area contributed by atoms with Gasteiger partial charge >= 0.3 is 5.97 Å². The topological polar surface area (TPSA) is 97.2 Å². The summed E-state index contributed by atoms with van der Waals surface area (Å²) in [6.07, 6.45) is 3.20. The van der Waals surface area contributed by atoms with Gasteiger partial charge in [0.05, 0.1) is 11.4 Å². The second-order valence-corrected chi connectivity index (χ2v) is 7.73. The van der Waals surface area contributed by atoms with E-state index < -0.39 is 11.8 Å². The van der Waals surface area contributed by atoms with Crippen molar-refractivity contribution in [1.82, 2.24) is 15.0 Å². The summed E-state index contributed by atoms with van der Waals surface area (Å²) in [6.45, 7) is 3.89. The van der Waals surface area contributed by atoms with Crippen LogP contribution in [0, 0.1) is 19.7 Å². The van der Waals surface area contributed by atoms with Gasteiger partial charge in [0.2, 0.25) is 0 Å². The Morgan fingerprint density at radius 1 is 1.06 bits per heavy atom. The van der Waals surface area contributed by atoms with Gasteiger partial charge in [-0.25, -0.2) is 14.4 Å². The second kappa shape index (κ2) is 10.1. The molecule has 172 valence electrons. The number of aliphatic carboxylic acids is 1. The minimum absolute atomic E-state index is 0.101. The summed E-state index contributed by atoms with van der Waals surface area (Å²) >= 11 is 0. The Balaban J connectivity index is 1.60. The molecule has 3 heterocycles. The number of benzene rings is 1. The summed E-state index contributed by atoms with van der Waals surface area (Å²) < 4.78 is 21.0. The molecule has 3 aromatic heterocycles. The fourth-order valence-electron chi connectivity index (χ4n) is 3.36. The van der Waals surface area contributed by atoms with Crippen molar-refractivity contribution in [1.29, 1.82) is 0 Å². The van der Waals surface area contributed by atoms with Gasteiger partial charge in [-0.05, 0) is 61.7 Å². The fourth-order valence-corrected chi connectivity index (χ4v) is 3.36. The average Bonchev–Trinajstić information content (AvgIpc) is 2.82. The molecule has 34 heavy (non-hydrogen) atoms. The Bertz CT molecular complexity index is 1330. The molecule has 0 bridgehead atoms. The third-order valence-electron chi connectivity index (χ3n) is 5.25. The quantitative estimate of drug-likeness (QED) is 0.342. The first-order chi connectivity index (χ1) is 16.4. The van der Waals surface area contributed by atoms with Crippen LogP contribution >= 0.6 is 0 Å². The highest BCUT2D eigenvalue weighted by Crippen LogP contribution is 2.33. The molecule has 8 heteroatoms. The number of pyridine rings is 3. The number of rotatable bonds is 8. The summed E-state index contributed by atoms with van der Waals surface area (Å²) in [4.78, 5) is 24.1. The Hall–Kier alpha value is -4.33. The van der Waals surface area contributed by atoms with Gasteiger partial charge < -0.3 is 15.2 Å². The number of aromatic nitrogens is 3. The molecule has 0 atom stereocenters. The first kappa shape index (κ1) is 22.8. The summed E-state index contributed by atoms with van der Waals surface area (Å²) in [5.74, 6) is -0.0752. The maximum Gasteiger partial charge on any atom is 0.303 e. The number of nitrogens with zero attached hydrogens (tertiary/aromatic N) is 3. The van der Waals surface area contributed by atoms with Crippen LogP contribution in [0.3, 0.4) is 0 Å². The van der Waals surface area contributed by atoms with Crippen LogP contribution in [0.2, 0.25) is 0 Å². The number of hydrogen-bond acceptors (Lipinski definition) is 6. The van der Waals surface area contributed by atoms with Crippen LogP contribution in [0.1, 0.15) is 23.2 Å². The van der Waals surface area contributed by atoms with Crippen molar-refractivity contribution < 1.29 is 19.0 Å². The van der Waals surface area contributed by atoms with E-state index in [0.717, 1.165) is 11.3 Å². The molecule has 7 nitrogen and oxygen atoms in total. The number of carboxylic acid groups (broad SMARTS) is 1. The van der Waals surface area contributed by atoms with Crippen LogP contribution in [0.15, 0.2) is 67.0 Å². The summed E-state index contributed by atoms with van der Waals surface area (Å²) in [5, 5.41) is 11.8. The molecule has 0 amide bonds. The number of aryl methyl sites for hydroxylation is 3. The van der Waals surface area contributed by atoms with Gasteiger partial charge in [-0.3, -0.25) is 9.78 Å². The fraction of sp³-hybridized carbons (Fsp3) is 0.154. The van der Waals surface area contributed by atoms with E-state index in [1.54, 1.807) is 42.7 Å². The van der Waals surface area contributed by atoms with Gasteiger partial charge in [0.1, 0.15) is 23.1 Å². The first-order valence-corrected chi connectivity index (χ1v) is 10.7. The normalized spacial score (nSPS) is 10.7. The molecule has 0 fully saturated rings. The van der Waals surface area contributed by atoms with Crippen LogP contribution in [0.5, 0.6) is 11.5 Å². The smallest absolute Gasteiger partial charge is 0.303 e. The van der Waals surface area contributed by atoms with Crippen molar-refractivity contribution in [2.75, 3.05) is 5.32 Å². The van der Waals surface area contributed by atoms with Gasteiger partial charge in [-0.15, -0.1) is 0 Å². The first-order valence-electron chi connectivity index (χ1n) is 10.7. The molecule has 0 spiro atoms. The molecule has 4 rings (SSSR count). The monoisotopic (exact) mass is 458 g/mol. The molecule has 4 aromatic rings. The number of anilines is 2. The molecular formula is C26H23FN4O3. The van der Waals surface area contributed by atoms with Gasteiger partial charge in [-0.2, -0.15) is 0 Å². The number of ether oxygens (including phenoxy) is 1. The van der Waals surface area contributed by atoms with E-state index in [4.69, 9.17) is 9.84 Å². The van der Waals surface area contributed by atoms with E-state index in [2.05, 4.69) is 20.3 Å². The number of hydrogen-bond donors (Lipinski definition) is 2. The number of carboxylic acids is 1. The van der Waals surface area contributed by atoms with Crippen molar-refractivity contribution in [2.45, 2.75) is 26.7 Å². The van der Waals surface area contributed by atoms with Crippen LogP contribution in [-0.2, 0) is 11.2 Å². The summed E-state index contributed by atoms with van der Waals surface area (Å²) in [7, 11) is 0. The van der Waals surface area contributed by atoms with Crippen LogP contribution in [-0.4, -0.2) is 26.0 Å². The minimum Gasteiger partial charge on any atom is -0.481 e. The highest BCUT2D eigenvalue weighted by Gasteiger charge is 2.14. The molecule has 0 saturated heterocycles. The number of carbonyl (C=O) groups is 1. The van der Waals surface area contributed by atoms with Crippen molar-refractivity contribution in [3.8, 4) is 22.9 Å². The third kappa shape index (κ3) is 5.35. The maximum absolute atomic E-state index is 14.8. The average molecular weight is 458 g/mol. The lowest BCUT2D eigenvalue weighted by atomic mass is 10.1. The molecule has 0 saturated carbocycles. The Morgan fingerprint density at radius 2 is 1.91 bits per heavy atom. The molecule has 0 unspecified atom stereocenters. The highest BCUT2D eigenvalue weighted by atomic mass is 19.1. The summed E-state index contributed by atoms with van der Waals surface area (Å²) in [6, 6.07) is 15.7. The maximum atomic E-state index is 14.8. The number of halogens is 1. The van der Waals surface area contributed by atoms with E-state index in [1.165, 1.54) is 0 Å². The van der Waals surface area contributed by atoms with Crippen molar-refractivity contribution >= 4 is 17.5 Å². The van der Waals surface area contributed by atoms with Crippen molar-refractivity contribution in [3.05, 3.63) is 89.6 Å². The van der Waals surface area contributed by atoms with Gasteiger partial charge in [0.25, 0.3) is 0 Å². The Morgan fingerprint density at radius 3 is 2.68 bits per heavy atom. The molecular weight excluding hydrogens is 435 g/mol. The second-order valence-electron chi connectivity index (χ2n) is 7.73. The molecule has 0 radical (unpaired) electrons. The standard InChI is InChI=1S/C26H23FN4O3/c1-16-14-22(26(30-17(16)2)21-7-3-4-12-28-21)34-19-11-13-29-23(15-19)31-20-8-5-6-18(25(20)27)9-10-24(32)33/h3-8,11-15H,9-10H2,1-2H3,(H,29,31)(H,32,33). The van der Waals surface area contributed by atoms with Crippen LogP contribution in [0.4, 0.5) is 15.9 Å². The molecule has 0 aliphatic carbocycles. The van der Waals surface area contributed by atoms with Crippen LogP contribution in [0.25, 0.3) is 11.4 Å². The molecule has 0 aliphatic heterocycles. The zero-order valence-corrected chi connectivity index (χ0v) is 18.7. The Kier molecular flexibility index (Phi) is 6.77. The highest BCUT2D eigenvalue weighted by molar-refractivity contribution is 5.67. The van der Waals surface area contributed by atoms with Crippen molar-refractivity contribution in [3.63, 3.8) is 0 Å². The van der Waals surface area contributed by atoms with E-state index in [1.807, 2.05) is 38.1 Å². The largest absolute Gasteiger partial charge is 0.481 e. The zero-order chi connectivity index (χ0) is 24.1. The summed E-state index contributed by atoms with van der Waals surface area (Å²) in [5.41, 5.74) is 3.68. The SMILES string of the molecule is Cc1cc(Oc2ccnc(Nc3cccc(CCC(=O)O)c3F)c2)c(-c2ccccn2)nc1C. The molecule has 1 aromatic carbocycles. The zero-order valence-electron chi connectivity index (χ0n) is 18.7. The van der Waals surface area contributed by atoms with Crippen LogP contribution < -0.4 is 10.1 Å². The predicted octanol–water partition coefficient (Wildman–Crippen LogP) is 5.85. The predicted molar refractivity (Wildman–Crippen MR) is 127 cm³/mol. The van der Waals surface area contributed by atoms with Gasteiger partial charge in [0, 0.05) is 30.6 Å². The van der Waals surface area contributed by atoms with Crippen molar-refractivity contribution in [2.24, 2.45) is 0 Å². The van der Waals surface area contributed by atoms with E-state index >= 15 is 0 Å². The minimum atomic E-state index is -0.977. The lowest BCUT2D eigenvalue weighted by Gasteiger charge is -2.14. The molecule has 0 aliphatic rings. The Labute approximate surface area is 196 Å². The van der Waals surface area contributed by atoms with Gasteiger partial charge in [0.15, 0.2) is 5.75 Å². The lowest BCUT2D eigenvalue weighted by molar-refractivity contribution is -0.136. The van der Waals surface area contributed by atoms with E-state index in [-0.39, 0.29) is 18.5 Å². The third-order valence-corrected chi connectivity index (χ3v) is 5.25. The number of nitrogens with one attached hydrogen (secondary N) is 1. The van der Waals surface area contributed by atoms with E-state index in [0.29, 0.717) is 34.3 Å². The lowest BCUT2D eigenvalue weighted by Crippen LogP contribution is -2.03. The van der Waals surface area contributed by atoms with Gasteiger partial charge in [-0.1, -0.05) is 18.2 Å².